The zero-order chi connectivity index (χ0) is 16.6. The van der Waals surface area contributed by atoms with E-state index in [1.165, 1.54) is 0 Å². The molecule has 0 N–H and O–H groups in total. The van der Waals surface area contributed by atoms with Gasteiger partial charge in [-0.25, -0.2) is 0 Å². The van der Waals surface area contributed by atoms with E-state index in [4.69, 9.17) is 4.74 Å². The zero-order valence-electron chi connectivity index (χ0n) is 13.7. The third kappa shape index (κ3) is 2.92. The van der Waals surface area contributed by atoms with E-state index in [1.807, 2.05) is 29.2 Å². The van der Waals surface area contributed by atoms with Crippen molar-refractivity contribution in [2.24, 2.45) is 0 Å². The third-order valence-electron chi connectivity index (χ3n) is 4.68. The van der Waals surface area contributed by atoms with Gasteiger partial charge in [-0.1, -0.05) is 12.1 Å². The van der Waals surface area contributed by atoms with Crippen molar-refractivity contribution in [3.05, 3.63) is 29.8 Å². The Balaban J connectivity index is 1.68. The highest BCUT2D eigenvalue weighted by atomic mass is 32.2. The number of amides is 2. The van der Waals surface area contributed by atoms with Crippen LogP contribution in [0.5, 0.6) is 5.75 Å². The van der Waals surface area contributed by atoms with Crippen LogP contribution in [0.4, 0.5) is 0 Å². The molecule has 0 aromatic heterocycles. The largest absolute Gasteiger partial charge is 0.497 e. The molecule has 3 rings (SSSR count). The maximum absolute atomic E-state index is 12.8. The second-order valence-corrected chi connectivity index (χ2v) is 7.81. The Labute approximate surface area is 141 Å². The second kappa shape index (κ2) is 6.07. The first kappa shape index (κ1) is 16.2. The molecule has 2 heterocycles. The Hall–Kier alpha value is -1.69. The van der Waals surface area contributed by atoms with Gasteiger partial charge in [0.05, 0.1) is 12.0 Å². The fraction of sp³-hybridized carbons (Fsp3) is 0.529. The molecular formula is C17H22N2O3S. The van der Waals surface area contributed by atoms with Crippen LogP contribution in [0, 0.1) is 0 Å². The standard InChI is InChI=1S/C17H22N2O3S/c1-17-9-8-15(20)19(17)14(11-23-17)16(21)18(2)10-12-4-6-13(22-3)7-5-12/h4-7,14H,8-11H2,1-3H3/t14-,17+/m0/s1. The van der Waals surface area contributed by atoms with Gasteiger partial charge in [0, 0.05) is 25.8 Å². The number of hydrogen-bond donors (Lipinski definition) is 0. The van der Waals surface area contributed by atoms with Gasteiger partial charge in [0.2, 0.25) is 11.8 Å². The summed E-state index contributed by atoms with van der Waals surface area (Å²) in [6, 6.07) is 7.36. The van der Waals surface area contributed by atoms with Gasteiger partial charge in [-0.3, -0.25) is 9.59 Å². The summed E-state index contributed by atoms with van der Waals surface area (Å²) in [5.74, 6) is 1.61. The lowest BCUT2D eigenvalue weighted by Gasteiger charge is -2.32. The van der Waals surface area contributed by atoms with Crippen molar-refractivity contribution >= 4 is 23.6 Å². The summed E-state index contributed by atoms with van der Waals surface area (Å²) >= 11 is 1.73. The molecule has 124 valence electrons. The average molecular weight is 334 g/mol. The Kier molecular flexibility index (Phi) is 4.27. The van der Waals surface area contributed by atoms with Crippen LogP contribution in [-0.4, -0.2) is 52.4 Å². The van der Waals surface area contributed by atoms with E-state index < -0.39 is 0 Å². The highest BCUT2D eigenvalue weighted by Gasteiger charge is 2.53. The summed E-state index contributed by atoms with van der Waals surface area (Å²) in [6.45, 7) is 2.60. The monoisotopic (exact) mass is 334 g/mol. The van der Waals surface area contributed by atoms with Crippen molar-refractivity contribution in [3.8, 4) is 5.75 Å². The molecule has 0 spiro atoms. The smallest absolute Gasteiger partial charge is 0.246 e. The minimum absolute atomic E-state index is 0.0206. The summed E-state index contributed by atoms with van der Waals surface area (Å²) in [6.07, 6.45) is 1.39. The van der Waals surface area contributed by atoms with Crippen LogP contribution >= 0.6 is 11.8 Å². The van der Waals surface area contributed by atoms with Crippen molar-refractivity contribution in [3.63, 3.8) is 0 Å². The second-order valence-electron chi connectivity index (χ2n) is 6.31. The van der Waals surface area contributed by atoms with Crippen LogP contribution in [0.2, 0.25) is 0 Å². The summed E-state index contributed by atoms with van der Waals surface area (Å²) in [4.78, 5) is 28.3. The molecule has 5 nitrogen and oxygen atoms in total. The predicted octanol–water partition coefficient (Wildman–Crippen LogP) is 2.11. The summed E-state index contributed by atoms with van der Waals surface area (Å²) in [5, 5.41) is 0. The minimum atomic E-state index is -0.330. The number of ether oxygens (including phenoxy) is 1. The van der Waals surface area contributed by atoms with E-state index in [-0.39, 0.29) is 22.7 Å². The highest BCUT2D eigenvalue weighted by Crippen LogP contribution is 2.47. The van der Waals surface area contributed by atoms with E-state index >= 15 is 0 Å². The van der Waals surface area contributed by atoms with E-state index in [0.29, 0.717) is 18.7 Å². The van der Waals surface area contributed by atoms with Crippen molar-refractivity contribution in [1.82, 2.24) is 9.80 Å². The molecule has 0 bridgehead atoms. The average Bonchev–Trinajstić information content (AvgIpc) is 3.04. The topological polar surface area (TPSA) is 49.9 Å². The van der Waals surface area contributed by atoms with Gasteiger partial charge in [-0.15, -0.1) is 11.8 Å². The Morgan fingerprint density at radius 1 is 1.43 bits per heavy atom. The molecule has 2 fully saturated rings. The number of carbonyl (C=O) groups excluding carboxylic acids is 2. The molecule has 1 aromatic carbocycles. The molecule has 0 radical (unpaired) electrons. The Bertz CT molecular complexity index is 619. The van der Waals surface area contributed by atoms with Gasteiger partial charge in [-0.05, 0) is 31.0 Å². The number of likely N-dealkylation sites (N-methyl/N-ethyl adjacent to an activating group) is 1. The lowest BCUT2D eigenvalue weighted by Crippen LogP contribution is -2.50. The first-order valence-corrected chi connectivity index (χ1v) is 8.77. The predicted molar refractivity (Wildman–Crippen MR) is 90.2 cm³/mol. The number of methoxy groups -OCH3 is 1. The van der Waals surface area contributed by atoms with Crippen LogP contribution < -0.4 is 4.74 Å². The summed E-state index contributed by atoms with van der Waals surface area (Å²) < 4.78 is 5.15. The number of thioether (sulfide) groups is 1. The number of hydrogen-bond acceptors (Lipinski definition) is 4. The van der Waals surface area contributed by atoms with Gasteiger partial charge in [0.15, 0.2) is 0 Å². The highest BCUT2D eigenvalue weighted by molar-refractivity contribution is 8.01. The molecule has 6 heteroatoms. The molecular weight excluding hydrogens is 312 g/mol. The van der Waals surface area contributed by atoms with E-state index in [9.17, 15) is 9.59 Å². The fourth-order valence-electron chi connectivity index (χ4n) is 3.34. The quantitative estimate of drug-likeness (QED) is 0.846. The molecule has 0 aliphatic carbocycles. The molecule has 1 aromatic rings. The van der Waals surface area contributed by atoms with Crippen molar-refractivity contribution in [2.45, 2.75) is 37.2 Å². The van der Waals surface area contributed by atoms with Crippen LogP contribution in [0.3, 0.4) is 0 Å². The van der Waals surface area contributed by atoms with Crippen molar-refractivity contribution < 1.29 is 14.3 Å². The first-order chi connectivity index (χ1) is 10.9. The Morgan fingerprint density at radius 3 is 2.78 bits per heavy atom. The van der Waals surface area contributed by atoms with E-state index in [0.717, 1.165) is 17.7 Å². The molecule has 2 saturated heterocycles. The van der Waals surface area contributed by atoms with Crippen LogP contribution in [0.25, 0.3) is 0 Å². The Morgan fingerprint density at radius 2 is 2.13 bits per heavy atom. The minimum Gasteiger partial charge on any atom is -0.497 e. The van der Waals surface area contributed by atoms with Gasteiger partial charge in [0.25, 0.3) is 0 Å². The van der Waals surface area contributed by atoms with Crippen LogP contribution in [0.1, 0.15) is 25.3 Å². The normalized spacial score (nSPS) is 26.3. The SMILES string of the molecule is COc1ccc(CN(C)C(=O)[C@@H]2CS[C@]3(C)CCC(=O)N23)cc1. The van der Waals surface area contributed by atoms with Gasteiger partial charge in [-0.2, -0.15) is 0 Å². The van der Waals surface area contributed by atoms with E-state index in [2.05, 4.69) is 6.92 Å². The zero-order valence-corrected chi connectivity index (χ0v) is 14.6. The summed E-state index contributed by atoms with van der Waals surface area (Å²) in [7, 11) is 3.43. The number of nitrogens with zero attached hydrogens (tertiary/aromatic N) is 2. The van der Waals surface area contributed by atoms with Gasteiger partial charge < -0.3 is 14.5 Å². The molecule has 2 aliphatic rings. The van der Waals surface area contributed by atoms with Crippen molar-refractivity contribution in [2.75, 3.05) is 19.9 Å². The molecule has 2 atom stereocenters. The third-order valence-corrected chi connectivity index (χ3v) is 6.19. The first-order valence-electron chi connectivity index (χ1n) is 7.78. The maximum atomic E-state index is 12.8. The lowest BCUT2D eigenvalue weighted by atomic mass is 10.1. The summed E-state index contributed by atoms with van der Waals surface area (Å²) in [5.41, 5.74) is 1.04. The molecule has 0 unspecified atom stereocenters. The number of benzene rings is 1. The molecule has 23 heavy (non-hydrogen) atoms. The van der Waals surface area contributed by atoms with Gasteiger partial charge in [0.1, 0.15) is 11.8 Å². The van der Waals surface area contributed by atoms with Crippen LogP contribution in [0.15, 0.2) is 24.3 Å². The number of carbonyl (C=O) groups is 2. The molecule has 2 aliphatic heterocycles. The number of rotatable bonds is 4. The molecule has 2 amide bonds. The molecule has 0 saturated carbocycles. The van der Waals surface area contributed by atoms with Crippen LogP contribution in [-0.2, 0) is 16.1 Å². The van der Waals surface area contributed by atoms with E-state index in [1.54, 1.807) is 30.8 Å². The number of fused-ring (bicyclic) bond motifs is 1. The lowest BCUT2D eigenvalue weighted by molar-refractivity contribution is -0.143. The van der Waals surface area contributed by atoms with Gasteiger partial charge >= 0.3 is 0 Å². The maximum Gasteiger partial charge on any atom is 0.246 e. The fourth-order valence-corrected chi connectivity index (χ4v) is 4.76. The van der Waals surface area contributed by atoms with Crippen molar-refractivity contribution in [1.29, 1.82) is 0 Å².